The van der Waals surface area contributed by atoms with Gasteiger partial charge in [0.15, 0.2) is 0 Å². The Morgan fingerprint density at radius 3 is 1.33 bits per heavy atom. The fourth-order valence-electron chi connectivity index (χ4n) is 7.98. The number of hydrogen-bond donors (Lipinski definition) is 2. The van der Waals surface area contributed by atoms with Crippen LogP contribution in [0.15, 0.2) is 132 Å². The molecule has 0 aliphatic rings. The van der Waals surface area contributed by atoms with Crippen molar-refractivity contribution in [1.82, 2.24) is 0 Å². The third kappa shape index (κ3) is 13.4. The van der Waals surface area contributed by atoms with Crippen LogP contribution in [0, 0.1) is 22.7 Å². The number of nitriles is 2. The van der Waals surface area contributed by atoms with E-state index in [0.717, 1.165) is 55.1 Å². The smallest absolute Gasteiger partial charge is 0.346 e. The van der Waals surface area contributed by atoms with Crippen molar-refractivity contribution < 1.29 is 19.8 Å². The number of aryl methyl sites for hydroxylation is 1. The summed E-state index contributed by atoms with van der Waals surface area (Å²) in [4.78, 5) is 27.1. The van der Waals surface area contributed by atoms with E-state index in [0.29, 0.717) is 11.1 Å². The number of carbonyl (C=O) groups is 2. The molecule has 0 saturated heterocycles. The van der Waals surface area contributed by atoms with Gasteiger partial charge in [-0.1, -0.05) is 150 Å². The van der Waals surface area contributed by atoms with E-state index in [9.17, 15) is 19.8 Å². The first kappa shape index (κ1) is 47.7. The molecule has 0 aliphatic carbocycles. The average molecular weight is 920 g/mol. The first-order valence-electron chi connectivity index (χ1n) is 22.9. The zero-order valence-electron chi connectivity index (χ0n) is 37.7. The molecule has 0 aliphatic heterocycles. The monoisotopic (exact) mass is 919 g/mol. The number of rotatable bonds is 22. The van der Waals surface area contributed by atoms with Crippen LogP contribution in [0.2, 0.25) is 0 Å². The molecular weight excluding hydrogens is 867 g/mol. The molecule has 2 heterocycles. The quantitative estimate of drug-likeness (QED) is 0.0394. The highest BCUT2D eigenvalue weighted by Gasteiger charge is 2.16. The highest BCUT2D eigenvalue weighted by atomic mass is 32.1. The normalized spacial score (nSPS) is 12.0. The highest BCUT2D eigenvalue weighted by Crippen LogP contribution is 2.41. The lowest BCUT2D eigenvalue weighted by Gasteiger charge is -2.26. The first-order valence-corrected chi connectivity index (χ1v) is 24.6. The number of aliphatic carboxylic acids is 2. The van der Waals surface area contributed by atoms with Gasteiger partial charge in [0.1, 0.15) is 23.3 Å². The molecule has 67 heavy (non-hydrogen) atoms. The number of nitrogens with zero attached hydrogens (tertiary/aromatic N) is 3. The van der Waals surface area contributed by atoms with Crippen molar-refractivity contribution in [2.75, 3.05) is 4.90 Å². The molecule has 7 rings (SSSR count). The Balaban J connectivity index is 1.11. The Labute approximate surface area is 401 Å². The molecule has 0 spiro atoms. The largest absolute Gasteiger partial charge is 0.477 e. The van der Waals surface area contributed by atoms with Gasteiger partial charge in [-0.2, -0.15) is 10.5 Å². The zero-order chi connectivity index (χ0) is 47.0. The Hall–Kier alpha value is -7.30. The van der Waals surface area contributed by atoms with E-state index in [-0.39, 0.29) is 11.1 Å². The molecule has 0 amide bonds. The first-order chi connectivity index (χ1) is 32.7. The van der Waals surface area contributed by atoms with E-state index < -0.39 is 11.9 Å². The van der Waals surface area contributed by atoms with Crippen molar-refractivity contribution in [2.24, 2.45) is 0 Å². The summed E-state index contributed by atoms with van der Waals surface area (Å²) < 4.78 is 2.33. The fraction of sp³-hybridized carbons (Fsp3) is 0.207. The topological polar surface area (TPSA) is 125 Å². The van der Waals surface area contributed by atoms with Crippen LogP contribution in [0.1, 0.15) is 109 Å². The molecule has 2 N–H and O–H groups in total. The SMILES string of the molecule is CCCCCCCCCCCCc1ccc(N(c2ccc3cc(/C=C/c4ccc(/C=C(\C#N)C(=O)O)cc4)sc3c2)c2ccc3cc(/C=C/c4ccc(/C=C(\C#N)C(=O)O)cc4)sc3c2)cc1. The molecule has 336 valence electrons. The van der Waals surface area contributed by atoms with Crippen LogP contribution in [0.5, 0.6) is 0 Å². The van der Waals surface area contributed by atoms with Gasteiger partial charge < -0.3 is 15.1 Å². The Kier molecular flexibility index (Phi) is 16.9. The van der Waals surface area contributed by atoms with Gasteiger partial charge in [0.2, 0.25) is 0 Å². The lowest BCUT2D eigenvalue weighted by atomic mass is 10.0. The molecule has 0 atom stereocenters. The number of hydrogen-bond acceptors (Lipinski definition) is 7. The van der Waals surface area contributed by atoms with Crippen molar-refractivity contribution in [3.63, 3.8) is 0 Å². The summed E-state index contributed by atoms with van der Waals surface area (Å²) in [6.45, 7) is 2.27. The summed E-state index contributed by atoms with van der Waals surface area (Å²) in [6.07, 6.45) is 25.3. The van der Waals surface area contributed by atoms with Crippen molar-refractivity contribution in [3.05, 3.63) is 170 Å². The molecule has 2 aromatic heterocycles. The van der Waals surface area contributed by atoms with Crippen LogP contribution in [0.4, 0.5) is 17.1 Å². The molecule has 0 bridgehead atoms. The van der Waals surface area contributed by atoms with Gasteiger partial charge in [-0.3, -0.25) is 0 Å². The number of thiophene rings is 2. The minimum Gasteiger partial charge on any atom is -0.477 e. The van der Waals surface area contributed by atoms with E-state index in [4.69, 9.17) is 10.5 Å². The highest BCUT2D eigenvalue weighted by molar-refractivity contribution is 7.20. The minimum atomic E-state index is -1.24. The second-order valence-electron chi connectivity index (χ2n) is 16.6. The number of fused-ring (bicyclic) bond motifs is 2. The van der Waals surface area contributed by atoms with Crippen LogP contribution in [-0.2, 0) is 16.0 Å². The molecule has 0 saturated carbocycles. The maximum absolute atomic E-state index is 11.3. The summed E-state index contributed by atoms with van der Waals surface area (Å²) in [5.74, 6) is -2.49. The van der Waals surface area contributed by atoms with Crippen LogP contribution in [0.3, 0.4) is 0 Å². The van der Waals surface area contributed by atoms with Gasteiger partial charge in [-0.15, -0.1) is 22.7 Å². The third-order valence-corrected chi connectivity index (χ3v) is 13.8. The average Bonchev–Trinajstić information content (AvgIpc) is 3.96. The van der Waals surface area contributed by atoms with Crippen LogP contribution in [-0.4, -0.2) is 22.2 Å². The fourth-order valence-corrected chi connectivity index (χ4v) is 9.98. The summed E-state index contributed by atoms with van der Waals surface area (Å²) in [7, 11) is 0. The molecule has 5 aromatic carbocycles. The van der Waals surface area contributed by atoms with Gasteiger partial charge in [-0.25, -0.2) is 9.59 Å². The maximum atomic E-state index is 11.3. The molecule has 7 aromatic rings. The second kappa shape index (κ2) is 23.8. The predicted molar refractivity (Wildman–Crippen MR) is 281 cm³/mol. The van der Waals surface area contributed by atoms with Gasteiger partial charge in [0.25, 0.3) is 0 Å². The van der Waals surface area contributed by atoms with Gasteiger partial charge in [-0.05, 0) is 124 Å². The Bertz CT molecular complexity index is 2860. The van der Waals surface area contributed by atoms with E-state index >= 15 is 0 Å². The van der Waals surface area contributed by atoms with E-state index in [2.05, 4.69) is 96.8 Å². The van der Waals surface area contributed by atoms with Crippen LogP contribution in [0.25, 0.3) is 56.6 Å². The summed E-state index contributed by atoms with van der Waals surface area (Å²) in [5, 5.41) is 39.0. The number of benzene rings is 5. The number of carboxylic acids is 2. The molecule has 9 heteroatoms. The van der Waals surface area contributed by atoms with Crippen molar-refractivity contribution in [3.8, 4) is 12.1 Å². The van der Waals surface area contributed by atoms with Crippen LogP contribution < -0.4 is 4.90 Å². The minimum absolute atomic E-state index is 0.304. The number of unbranched alkanes of at least 4 members (excludes halogenated alkanes) is 9. The van der Waals surface area contributed by atoms with E-state index in [1.807, 2.05) is 60.7 Å². The second-order valence-corrected chi connectivity index (χ2v) is 18.9. The lowest BCUT2D eigenvalue weighted by Crippen LogP contribution is -2.09. The van der Waals surface area contributed by atoms with Crippen molar-refractivity contribution in [2.45, 2.75) is 77.6 Å². The van der Waals surface area contributed by atoms with Crippen molar-refractivity contribution >= 4 is 108 Å². The van der Waals surface area contributed by atoms with Gasteiger partial charge in [0.05, 0.1) is 0 Å². The maximum Gasteiger partial charge on any atom is 0.346 e. The predicted octanol–water partition coefficient (Wildman–Crippen LogP) is 16.4. The van der Waals surface area contributed by atoms with Gasteiger partial charge >= 0.3 is 11.9 Å². The third-order valence-electron chi connectivity index (χ3n) is 11.7. The Morgan fingerprint density at radius 2 is 0.910 bits per heavy atom. The zero-order valence-corrected chi connectivity index (χ0v) is 39.3. The molecule has 0 unspecified atom stereocenters. The van der Waals surface area contributed by atoms with Crippen LogP contribution >= 0.6 is 22.7 Å². The molecule has 0 fully saturated rings. The summed E-state index contributed by atoms with van der Waals surface area (Å²) in [6, 6.07) is 45.0. The molecule has 7 nitrogen and oxygen atoms in total. The van der Waals surface area contributed by atoms with Gasteiger partial charge in [0, 0.05) is 36.2 Å². The summed E-state index contributed by atoms with van der Waals surface area (Å²) >= 11 is 3.45. The number of anilines is 3. The van der Waals surface area contributed by atoms with E-state index in [1.54, 1.807) is 34.8 Å². The lowest BCUT2D eigenvalue weighted by molar-refractivity contribution is -0.133. The number of carboxylic acid groups (broad SMARTS) is 2. The molecule has 0 radical (unpaired) electrons. The molecular formula is C58H53N3O4S2. The standard InChI is InChI=1S/C58H53N3O4S2/c1-2-3-4-5-6-7-8-9-10-11-12-41-21-27-50(28-22-41)61(51-29-25-46-35-53(66-55(46)37-51)31-23-42-13-17-44(18-14-42)33-48(39-59)57(62)63)52-30-26-47-36-54(67-56(47)38-52)32-24-43-15-19-45(20-16-43)34-49(40-60)58(64)65/h13-38H,2-12H2,1H3,(H,62,63)(H,64,65)/b31-23+,32-24+,48-33+,49-34+. The summed E-state index contributed by atoms with van der Waals surface area (Å²) in [5.41, 5.74) is 7.20. The Morgan fingerprint density at radius 1 is 0.507 bits per heavy atom. The van der Waals surface area contributed by atoms with Crippen molar-refractivity contribution in [1.29, 1.82) is 10.5 Å². The van der Waals surface area contributed by atoms with E-state index in [1.165, 1.54) is 91.3 Å².